The molecule has 0 radical (unpaired) electrons. The Bertz CT molecular complexity index is 641. The molecule has 1 fully saturated rings. The fourth-order valence-electron chi connectivity index (χ4n) is 3.33. The highest BCUT2D eigenvalue weighted by atomic mass is 35.5. The SMILES string of the molecule is CCCn1cc(CCN2CCNCC2)c2cc(C)c(Cl)cc21. The fourth-order valence-corrected chi connectivity index (χ4v) is 3.49. The summed E-state index contributed by atoms with van der Waals surface area (Å²) in [5.41, 5.74) is 3.92. The molecule has 0 unspecified atom stereocenters. The zero-order chi connectivity index (χ0) is 15.5. The molecular weight excluding hydrogens is 294 g/mol. The number of benzene rings is 1. The Morgan fingerprint density at radius 3 is 2.68 bits per heavy atom. The van der Waals surface area contributed by atoms with Gasteiger partial charge in [-0.15, -0.1) is 0 Å². The van der Waals surface area contributed by atoms with Gasteiger partial charge in [0.2, 0.25) is 0 Å². The zero-order valence-corrected chi connectivity index (χ0v) is 14.4. The Hall–Kier alpha value is -1.03. The third-order valence-electron chi connectivity index (χ3n) is 4.62. The molecule has 3 rings (SSSR count). The molecule has 0 atom stereocenters. The first-order valence-electron chi connectivity index (χ1n) is 8.40. The molecule has 3 nitrogen and oxygen atoms in total. The lowest BCUT2D eigenvalue weighted by Crippen LogP contribution is -2.44. The van der Waals surface area contributed by atoms with Gasteiger partial charge in [-0.25, -0.2) is 0 Å². The van der Waals surface area contributed by atoms with Gasteiger partial charge in [-0.05, 0) is 43.0 Å². The molecular formula is C18H26ClN3. The Balaban J connectivity index is 1.85. The monoisotopic (exact) mass is 319 g/mol. The van der Waals surface area contributed by atoms with E-state index in [0.717, 1.165) is 44.0 Å². The molecule has 0 bridgehead atoms. The number of fused-ring (bicyclic) bond motifs is 1. The van der Waals surface area contributed by atoms with Crippen LogP contribution in [0.4, 0.5) is 0 Å². The van der Waals surface area contributed by atoms with Crippen molar-refractivity contribution in [3.63, 3.8) is 0 Å². The van der Waals surface area contributed by atoms with E-state index in [1.165, 1.54) is 35.1 Å². The Morgan fingerprint density at radius 1 is 1.18 bits per heavy atom. The number of hydrogen-bond acceptors (Lipinski definition) is 2. The van der Waals surface area contributed by atoms with Crippen molar-refractivity contribution in [2.45, 2.75) is 33.2 Å². The van der Waals surface area contributed by atoms with Gasteiger partial charge in [0.15, 0.2) is 0 Å². The smallest absolute Gasteiger partial charge is 0.0498 e. The topological polar surface area (TPSA) is 20.2 Å². The fraction of sp³-hybridized carbons (Fsp3) is 0.556. The van der Waals surface area contributed by atoms with Crippen LogP contribution in [-0.2, 0) is 13.0 Å². The molecule has 0 spiro atoms. The van der Waals surface area contributed by atoms with E-state index in [9.17, 15) is 0 Å². The van der Waals surface area contributed by atoms with Crippen molar-refractivity contribution in [2.75, 3.05) is 32.7 Å². The number of aromatic nitrogens is 1. The van der Waals surface area contributed by atoms with Crippen LogP contribution in [0, 0.1) is 6.92 Å². The lowest BCUT2D eigenvalue weighted by atomic mass is 10.1. The molecule has 1 N–H and O–H groups in total. The quantitative estimate of drug-likeness (QED) is 0.910. The molecule has 22 heavy (non-hydrogen) atoms. The first-order valence-corrected chi connectivity index (χ1v) is 8.77. The van der Waals surface area contributed by atoms with Gasteiger partial charge in [-0.2, -0.15) is 0 Å². The molecule has 0 amide bonds. The summed E-state index contributed by atoms with van der Waals surface area (Å²) in [4.78, 5) is 2.56. The van der Waals surface area contributed by atoms with E-state index in [1.54, 1.807) is 0 Å². The molecule has 1 aliphatic rings. The van der Waals surface area contributed by atoms with Crippen LogP contribution in [0.1, 0.15) is 24.5 Å². The van der Waals surface area contributed by atoms with Crippen molar-refractivity contribution in [2.24, 2.45) is 0 Å². The summed E-state index contributed by atoms with van der Waals surface area (Å²) >= 11 is 6.34. The van der Waals surface area contributed by atoms with Gasteiger partial charge < -0.3 is 14.8 Å². The maximum Gasteiger partial charge on any atom is 0.0498 e. The second kappa shape index (κ2) is 7.03. The average molecular weight is 320 g/mol. The minimum absolute atomic E-state index is 0.872. The third-order valence-corrected chi connectivity index (χ3v) is 5.02. The summed E-state index contributed by atoms with van der Waals surface area (Å²) in [5.74, 6) is 0. The highest BCUT2D eigenvalue weighted by Crippen LogP contribution is 2.28. The predicted octanol–water partition coefficient (Wildman–Crippen LogP) is 3.46. The summed E-state index contributed by atoms with van der Waals surface area (Å²) in [6.45, 7) is 11.1. The summed E-state index contributed by atoms with van der Waals surface area (Å²) in [6, 6.07) is 4.40. The first-order chi connectivity index (χ1) is 10.7. The van der Waals surface area contributed by atoms with Crippen LogP contribution in [0.25, 0.3) is 10.9 Å². The van der Waals surface area contributed by atoms with Gasteiger partial charge in [-0.1, -0.05) is 18.5 Å². The van der Waals surface area contributed by atoms with Crippen LogP contribution < -0.4 is 5.32 Å². The second-order valence-electron chi connectivity index (χ2n) is 6.31. The maximum atomic E-state index is 6.34. The summed E-state index contributed by atoms with van der Waals surface area (Å²) < 4.78 is 2.37. The van der Waals surface area contributed by atoms with Crippen LogP contribution >= 0.6 is 11.6 Å². The van der Waals surface area contributed by atoms with E-state index in [4.69, 9.17) is 11.6 Å². The van der Waals surface area contributed by atoms with Gasteiger partial charge in [0.05, 0.1) is 0 Å². The molecule has 1 aromatic carbocycles. The van der Waals surface area contributed by atoms with Crippen molar-refractivity contribution in [1.82, 2.24) is 14.8 Å². The second-order valence-corrected chi connectivity index (χ2v) is 6.72. The lowest BCUT2D eigenvalue weighted by Gasteiger charge is -2.26. The largest absolute Gasteiger partial charge is 0.347 e. The Morgan fingerprint density at radius 2 is 1.95 bits per heavy atom. The number of nitrogens with zero attached hydrogens (tertiary/aromatic N) is 2. The molecule has 2 heterocycles. The van der Waals surface area contributed by atoms with Gasteiger partial charge in [-0.3, -0.25) is 0 Å². The average Bonchev–Trinajstić information content (AvgIpc) is 2.85. The number of aryl methyl sites for hydroxylation is 2. The Kier molecular flexibility index (Phi) is 5.07. The maximum absolute atomic E-state index is 6.34. The highest BCUT2D eigenvalue weighted by molar-refractivity contribution is 6.32. The van der Waals surface area contributed by atoms with E-state index < -0.39 is 0 Å². The summed E-state index contributed by atoms with van der Waals surface area (Å²) in [7, 11) is 0. The van der Waals surface area contributed by atoms with Crippen LogP contribution in [0.2, 0.25) is 5.02 Å². The van der Waals surface area contributed by atoms with Gasteiger partial charge in [0.25, 0.3) is 0 Å². The van der Waals surface area contributed by atoms with Crippen LogP contribution in [-0.4, -0.2) is 42.2 Å². The lowest BCUT2D eigenvalue weighted by molar-refractivity contribution is 0.244. The number of hydrogen-bond donors (Lipinski definition) is 1. The van der Waals surface area contributed by atoms with E-state index in [-0.39, 0.29) is 0 Å². The number of nitrogens with one attached hydrogen (secondary N) is 1. The molecule has 1 aliphatic heterocycles. The molecule has 1 aromatic heterocycles. The van der Waals surface area contributed by atoms with Crippen molar-refractivity contribution in [3.05, 3.63) is 34.5 Å². The van der Waals surface area contributed by atoms with Crippen molar-refractivity contribution in [1.29, 1.82) is 0 Å². The van der Waals surface area contributed by atoms with Crippen LogP contribution in [0.3, 0.4) is 0 Å². The first kappa shape index (κ1) is 15.9. The summed E-state index contributed by atoms with van der Waals surface area (Å²) in [6.07, 6.45) is 4.60. The molecule has 0 aliphatic carbocycles. The highest BCUT2D eigenvalue weighted by Gasteiger charge is 2.13. The number of halogens is 1. The minimum atomic E-state index is 0.872. The predicted molar refractivity (Wildman–Crippen MR) is 95.0 cm³/mol. The third kappa shape index (κ3) is 3.32. The van der Waals surface area contributed by atoms with Crippen molar-refractivity contribution < 1.29 is 0 Å². The minimum Gasteiger partial charge on any atom is -0.347 e. The van der Waals surface area contributed by atoms with Gasteiger partial charge in [0, 0.05) is 61.4 Å². The Labute approximate surface area is 138 Å². The standard InChI is InChI=1S/C18H26ClN3/c1-3-7-22-13-15(4-8-21-9-5-20-6-10-21)16-11-14(2)17(19)12-18(16)22/h11-13,20H,3-10H2,1-2H3. The van der Waals surface area contributed by atoms with E-state index >= 15 is 0 Å². The number of piperazine rings is 1. The number of rotatable bonds is 5. The van der Waals surface area contributed by atoms with E-state index in [0.29, 0.717) is 0 Å². The van der Waals surface area contributed by atoms with Gasteiger partial charge >= 0.3 is 0 Å². The van der Waals surface area contributed by atoms with Crippen LogP contribution in [0.15, 0.2) is 18.3 Å². The van der Waals surface area contributed by atoms with Crippen molar-refractivity contribution >= 4 is 22.5 Å². The van der Waals surface area contributed by atoms with Crippen molar-refractivity contribution in [3.8, 4) is 0 Å². The molecule has 120 valence electrons. The molecule has 4 heteroatoms. The normalized spacial score (nSPS) is 16.5. The molecule has 2 aromatic rings. The molecule has 1 saturated heterocycles. The zero-order valence-electron chi connectivity index (χ0n) is 13.7. The van der Waals surface area contributed by atoms with E-state index in [2.05, 4.69) is 47.0 Å². The van der Waals surface area contributed by atoms with Crippen LogP contribution in [0.5, 0.6) is 0 Å². The molecule has 0 saturated carbocycles. The summed E-state index contributed by atoms with van der Waals surface area (Å²) in [5, 5.41) is 5.67. The van der Waals surface area contributed by atoms with E-state index in [1.807, 2.05) is 0 Å². The van der Waals surface area contributed by atoms with Gasteiger partial charge in [0.1, 0.15) is 0 Å².